The van der Waals surface area contributed by atoms with Crippen LogP contribution in [0.3, 0.4) is 0 Å². The van der Waals surface area contributed by atoms with Crippen molar-refractivity contribution in [3.8, 4) is 0 Å². The van der Waals surface area contributed by atoms with E-state index in [1.807, 2.05) is 25.1 Å². The molecular weight excluding hydrogens is 361 g/mol. The van der Waals surface area contributed by atoms with Crippen molar-refractivity contribution in [1.82, 2.24) is 10.6 Å². The summed E-state index contributed by atoms with van der Waals surface area (Å²) in [7, 11) is 0. The third-order valence-electron chi connectivity index (χ3n) is 3.51. The number of benzene rings is 2. The number of rotatable bonds is 5. The largest absolute Gasteiger partial charge is 0.334 e. The summed E-state index contributed by atoms with van der Waals surface area (Å²) in [5, 5.41) is 9.37. The molecule has 132 valence electrons. The van der Waals surface area contributed by atoms with Gasteiger partial charge < -0.3 is 16.0 Å². The van der Waals surface area contributed by atoms with Gasteiger partial charge in [-0.05, 0) is 42.3 Å². The Bertz CT molecular complexity index is 781. The average molecular weight is 380 g/mol. The number of urea groups is 1. The van der Waals surface area contributed by atoms with Gasteiger partial charge in [0.2, 0.25) is 5.91 Å². The second kappa shape index (κ2) is 8.74. The third kappa shape index (κ3) is 5.96. The molecule has 1 atom stereocenters. The second-order valence-corrected chi connectivity index (χ2v) is 6.43. The van der Waals surface area contributed by atoms with E-state index in [0.29, 0.717) is 22.3 Å². The van der Waals surface area contributed by atoms with Crippen molar-refractivity contribution in [3.05, 3.63) is 63.6 Å². The van der Waals surface area contributed by atoms with Crippen LogP contribution in [0.1, 0.15) is 31.0 Å². The Kier molecular flexibility index (Phi) is 6.67. The number of carbonyl (C=O) groups is 2. The number of hydrogen-bond donors (Lipinski definition) is 3. The Morgan fingerprint density at radius 3 is 2.56 bits per heavy atom. The molecule has 25 heavy (non-hydrogen) atoms. The van der Waals surface area contributed by atoms with Crippen LogP contribution in [-0.2, 0) is 11.3 Å². The lowest BCUT2D eigenvalue weighted by atomic mass is 10.1. The van der Waals surface area contributed by atoms with E-state index >= 15 is 0 Å². The number of amides is 3. The molecule has 0 aliphatic rings. The number of nitrogens with one attached hydrogen (secondary N) is 3. The zero-order valence-electron chi connectivity index (χ0n) is 13.9. The van der Waals surface area contributed by atoms with E-state index in [9.17, 15) is 9.59 Å². The molecule has 0 fully saturated rings. The Labute approximate surface area is 156 Å². The summed E-state index contributed by atoms with van der Waals surface area (Å²) >= 11 is 11.9. The fourth-order valence-corrected chi connectivity index (χ4v) is 2.74. The topological polar surface area (TPSA) is 70.2 Å². The summed E-state index contributed by atoms with van der Waals surface area (Å²) in [5.74, 6) is -0.143. The van der Waals surface area contributed by atoms with Crippen molar-refractivity contribution in [3.63, 3.8) is 0 Å². The predicted molar refractivity (Wildman–Crippen MR) is 101 cm³/mol. The summed E-state index contributed by atoms with van der Waals surface area (Å²) in [6.45, 7) is 3.60. The molecule has 0 radical (unpaired) electrons. The minimum atomic E-state index is -0.316. The fourth-order valence-electron chi connectivity index (χ4n) is 2.26. The zero-order valence-corrected chi connectivity index (χ0v) is 15.4. The molecule has 0 aliphatic heterocycles. The number of carbonyl (C=O) groups excluding carboxylic acids is 2. The summed E-state index contributed by atoms with van der Waals surface area (Å²) < 4.78 is 0. The summed E-state index contributed by atoms with van der Waals surface area (Å²) in [6.07, 6.45) is 0. The highest BCUT2D eigenvalue weighted by Crippen LogP contribution is 2.21. The van der Waals surface area contributed by atoms with Gasteiger partial charge in [0.05, 0.1) is 6.04 Å². The van der Waals surface area contributed by atoms with E-state index in [1.165, 1.54) is 6.92 Å². The van der Waals surface area contributed by atoms with Gasteiger partial charge >= 0.3 is 6.03 Å². The maximum atomic E-state index is 12.1. The minimum Gasteiger partial charge on any atom is -0.334 e. The lowest BCUT2D eigenvalue weighted by Gasteiger charge is -2.16. The standard InChI is InChI=1S/C18H19Cl2N3O2/c1-11(13-4-3-5-16(8-13)23-12(2)24)22-18(25)21-10-14-6-7-15(19)9-17(14)20/h3-9,11H,10H2,1-2H3,(H,23,24)(H2,21,22,25). The highest BCUT2D eigenvalue weighted by atomic mass is 35.5. The molecule has 2 aromatic carbocycles. The van der Waals surface area contributed by atoms with Gasteiger partial charge in [-0.1, -0.05) is 41.4 Å². The van der Waals surface area contributed by atoms with Crippen molar-refractivity contribution in [2.24, 2.45) is 0 Å². The Morgan fingerprint density at radius 2 is 1.88 bits per heavy atom. The highest BCUT2D eigenvalue weighted by molar-refractivity contribution is 6.35. The van der Waals surface area contributed by atoms with Crippen LogP contribution in [0.2, 0.25) is 10.0 Å². The molecule has 3 amide bonds. The van der Waals surface area contributed by atoms with Crippen LogP contribution < -0.4 is 16.0 Å². The number of hydrogen-bond acceptors (Lipinski definition) is 2. The highest BCUT2D eigenvalue weighted by Gasteiger charge is 2.11. The molecule has 0 heterocycles. The van der Waals surface area contributed by atoms with Crippen LogP contribution in [0.5, 0.6) is 0 Å². The molecule has 1 unspecified atom stereocenters. The molecular formula is C18H19Cl2N3O2. The maximum absolute atomic E-state index is 12.1. The molecule has 0 bridgehead atoms. The molecule has 2 rings (SSSR count). The molecule has 0 aliphatic carbocycles. The van der Waals surface area contributed by atoms with Crippen molar-refractivity contribution < 1.29 is 9.59 Å². The predicted octanol–water partition coefficient (Wildman–Crippen LogP) is 4.51. The number of halogens is 2. The third-order valence-corrected chi connectivity index (χ3v) is 4.10. The molecule has 2 aromatic rings. The summed E-state index contributed by atoms with van der Waals surface area (Å²) in [5.41, 5.74) is 2.35. The van der Waals surface area contributed by atoms with Crippen LogP contribution in [0.25, 0.3) is 0 Å². The monoisotopic (exact) mass is 379 g/mol. The van der Waals surface area contributed by atoms with E-state index in [1.54, 1.807) is 24.3 Å². The zero-order chi connectivity index (χ0) is 18.4. The lowest BCUT2D eigenvalue weighted by molar-refractivity contribution is -0.114. The smallest absolute Gasteiger partial charge is 0.315 e. The second-order valence-electron chi connectivity index (χ2n) is 5.59. The normalized spacial score (nSPS) is 11.5. The van der Waals surface area contributed by atoms with Gasteiger partial charge in [-0.25, -0.2) is 4.79 Å². The van der Waals surface area contributed by atoms with Gasteiger partial charge in [0.1, 0.15) is 0 Å². The molecule has 7 heteroatoms. The summed E-state index contributed by atoms with van der Waals surface area (Å²) in [4.78, 5) is 23.2. The Balaban J connectivity index is 1.92. The van der Waals surface area contributed by atoms with Crippen LogP contribution in [0, 0.1) is 0 Å². The summed E-state index contributed by atoms with van der Waals surface area (Å²) in [6, 6.07) is 11.9. The SMILES string of the molecule is CC(=O)Nc1cccc(C(C)NC(=O)NCc2ccc(Cl)cc2Cl)c1. The van der Waals surface area contributed by atoms with Crippen molar-refractivity contribution in [2.75, 3.05) is 5.32 Å². The Hall–Kier alpha value is -2.24. The van der Waals surface area contributed by atoms with E-state index in [2.05, 4.69) is 16.0 Å². The van der Waals surface area contributed by atoms with Gasteiger partial charge in [0.15, 0.2) is 0 Å². The van der Waals surface area contributed by atoms with Crippen molar-refractivity contribution in [2.45, 2.75) is 26.4 Å². The number of anilines is 1. The van der Waals surface area contributed by atoms with E-state index in [4.69, 9.17) is 23.2 Å². The van der Waals surface area contributed by atoms with Gasteiger partial charge in [0.25, 0.3) is 0 Å². The lowest BCUT2D eigenvalue weighted by Crippen LogP contribution is -2.36. The van der Waals surface area contributed by atoms with Crippen molar-refractivity contribution in [1.29, 1.82) is 0 Å². The van der Waals surface area contributed by atoms with Gasteiger partial charge in [-0.2, -0.15) is 0 Å². The maximum Gasteiger partial charge on any atom is 0.315 e. The van der Waals surface area contributed by atoms with Gasteiger partial charge in [-0.15, -0.1) is 0 Å². The van der Waals surface area contributed by atoms with Crippen LogP contribution >= 0.6 is 23.2 Å². The van der Waals surface area contributed by atoms with E-state index in [-0.39, 0.29) is 18.0 Å². The minimum absolute atomic E-state index is 0.143. The van der Waals surface area contributed by atoms with Crippen LogP contribution in [0.4, 0.5) is 10.5 Å². The molecule has 0 saturated carbocycles. The molecule has 3 N–H and O–H groups in total. The molecule has 0 aromatic heterocycles. The first-order valence-corrected chi connectivity index (χ1v) is 8.46. The van der Waals surface area contributed by atoms with E-state index in [0.717, 1.165) is 11.1 Å². The van der Waals surface area contributed by atoms with Crippen LogP contribution in [-0.4, -0.2) is 11.9 Å². The first-order valence-electron chi connectivity index (χ1n) is 7.71. The molecule has 0 saturated heterocycles. The Morgan fingerprint density at radius 1 is 1.12 bits per heavy atom. The average Bonchev–Trinajstić information content (AvgIpc) is 2.53. The van der Waals surface area contributed by atoms with Gasteiger partial charge in [-0.3, -0.25) is 4.79 Å². The fraction of sp³-hybridized carbons (Fsp3) is 0.222. The molecule has 0 spiro atoms. The first-order chi connectivity index (χ1) is 11.8. The first kappa shape index (κ1) is 19.1. The van der Waals surface area contributed by atoms with Crippen molar-refractivity contribution >= 4 is 40.8 Å². The van der Waals surface area contributed by atoms with Gasteiger partial charge in [0, 0.05) is 29.2 Å². The molecule has 5 nitrogen and oxygen atoms in total. The van der Waals surface area contributed by atoms with E-state index < -0.39 is 0 Å². The quantitative estimate of drug-likeness (QED) is 0.714. The van der Waals surface area contributed by atoms with Crippen LogP contribution in [0.15, 0.2) is 42.5 Å².